The van der Waals surface area contributed by atoms with Crippen molar-refractivity contribution in [2.24, 2.45) is 0 Å². The Morgan fingerprint density at radius 1 is 0.933 bits per heavy atom. The van der Waals surface area contributed by atoms with Gasteiger partial charge in [-0.05, 0) is 37.4 Å². The summed E-state index contributed by atoms with van der Waals surface area (Å²) in [7, 11) is 1.69. The molecule has 1 atom stereocenters. The molecule has 2 N–H and O–H groups in total. The second kappa shape index (κ2) is 8.86. The van der Waals surface area contributed by atoms with E-state index < -0.39 is 6.10 Å². The Balaban J connectivity index is 1.81. The van der Waals surface area contributed by atoms with Crippen molar-refractivity contribution >= 4 is 38.3 Å². The standard InChI is InChI=1S/C25H29N3O2/c1-4-28(5-2)16-17(29)15-26-24-20-9-6-7-11-22(20)27-25-19-10-8-12-23(30-3)18(19)13-14-21(24)25/h6-14,17,29H,4-5,15-16H2,1-3H3,(H,26,27). The molecule has 0 spiro atoms. The number of aromatic nitrogens is 1. The van der Waals surface area contributed by atoms with Gasteiger partial charge in [0.05, 0.1) is 29.9 Å². The molecule has 0 radical (unpaired) electrons. The van der Waals surface area contributed by atoms with E-state index in [1.54, 1.807) is 7.11 Å². The molecule has 0 bridgehead atoms. The first-order valence-corrected chi connectivity index (χ1v) is 10.6. The summed E-state index contributed by atoms with van der Waals surface area (Å²) in [5, 5.41) is 18.3. The van der Waals surface area contributed by atoms with Gasteiger partial charge < -0.3 is 20.1 Å². The molecule has 1 aromatic heterocycles. The van der Waals surface area contributed by atoms with Crippen molar-refractivity contribution in [1.82, 2.24) is 9.88 Å². The van der Waals surface area contributed by atoms with E-state index in [-0.39, 0.29) is 0 Å². The lowest BCUT2D eigenvalue weighted by molar-refractivity contribution is 0.128. The van der Waals surface area contributed by atoms with Crippen molar-refractivity contribution in [2.75, 3.05) is 38.6 Å². The summed E-state index contributed by atoms with van der Waals surface area (Å²) in [4.78, 5) is 7.21. The molecule has 1 unspecified atom stereocenters. The fourth-order valence-electron chi connectivity index (χ4n) is 4.12. The Kier molecular flexibility index (Phi) is 6.02. The Bertz CT molecular complexity index is 1170. The minimum atomic E-state index is -0.451. The summed E-state index contributed by atoms with van der Waals surface area (Å²) in [6.45, 7) is 7.24. The van der Waals surface area contributed by atoms with Crippen LogP contribution in [0.3, 0.4) is 0 Å². The number of benzene rings is 3. The molecule has 0 aliphatic carbocycles. The Labute approximate surface area is 177 Å². The van der Waals surface area contributed by atoms with Gasteiger partial charge in [-0.15, -0.1) is 0 Å². The van der Waals surface area contributed by atoms with Crippen LogP contribution in [0.25, 0.3) is 32.6 Å². The number of para-hydroxylation sites is 1. The van der Waals surface area contributed by atoms with Crippen LogP contribution in [0.15, 0.2) is 54.6 Å². The molecule has 5 heteroatoms. The maximum Gasteiger partial charge on any atom is 0.126 e. The molecule has 4 aromatic rings. The predicted molar refractivity (Wildman–Crippen MR) is 126 cm³/mol. The van der Waals surface area contributed by atoms with Gasteiger partial charge in [-0.2, -0.15) is 0 Å². The lowest BCUT2D eigenvalue weighted by atomic mass is 10.0. The van der Waals surface area contributed by atoms with Crippen LogP contribution >= 0.6 is 0 Å². The predicted octanol–water partition coefficient (Wildman–Crippen LogP) is 4.66. The monoisotopic (exact) mass is 403 g/mol. The number of methoxy groups -OCH3 is 1. The van der Waals surface area contributed by atoms with Gasteiger partial charge >= 0.3 is 0 Å². The third kappa shape index (κ3) is 3.78. The first-order valence-electron chi connectivity index (χ1n) is 10.6. The maximum atomic E-state index is 10.6. The largest absolute Gasteiger partial charge is 0.496 e. The van der Waals surface area contributed by atoms with Gasteiger partial charge in [-0.1, -0.05) is 44.2 Å². The topological polar surface area (TPSA) is 57.6 Å². The second-order valence-corrected chi connectivity index (χ2v) is 7.54. The molecule has 0 fully saturated rings. The first kappa shape index (κ1) is 20.4. The molecule has 0 amide bonds. The molecule has 30 heavy (non-hydrogen) atoms. The highest BCUT2D eigenvalue weighted by molar-refractivity contribution is 6.16. The molecular weight excluding hydrogens is 374 g/mol. The van der Waals surface area contributed by atoms with E-state index in [0.29, 0.717) is 13.1 Å². The summed E-state index contributed by atoms with van der Waals surface area (Å²) >= 11 is 0. The fraction of sp³-hybridized carbons (Fsp3) is 0.320. The zero-order chi connectivity index (χ0) is 21.1. The average molecular weight is 404 g/mol. The number of nitrogens with zero attached hydrogens (tertiary/aromatic N) is 2. The average Bonchev–Trinajstić information content (AvgIpc) is 2.79. The SMILES string of the molecule is CCN(CC)CC(O)CNc1c2ccccc2nc2c1ccc1c(OC)cccc12. The van der Waals surface area contributed by atoms with E-state index in [9.17, 15) is 5.11 Å². The summed E-state index contributed by atoms with van der Waals surface area (Å²) in [6.07, 6.45) is -0.451. The van der Waals surface area contributed by atoms with Crippen LogP contribution in [0.1, 0.15) is 13.8 Å². The smallest absolute Gasteiger partial charge is 0.126 e. The number of hydrogen-bond acceptors (Lipinski definition) is 5. The third-order valence-corrected chi connectivity index (χ3v) is 5.77. The summed E-state index contributed by atoms with van der Waals surface area (Å²) < 4.78 is 5.55. The quantitative estimate of drug-likeness (QED) is 0.331. The summed E-state index contributed by atoms with van der Waals surface area (Å²) in [5.41, 5.74) is 2.88. The van der Waals surface area contributed by atoms with E-state index in [1.807, 2.05) is 30.3 Å². The highest BCUT2D eigenvalue weighted by Gasteiger charge is 2.15. The van der Waals surface area contributed by atoms with E-state index >= 15 is 0 Å². The number of anilines is 1. The van der Waals surface area contributed by atoms with Crippen LogP contribution in [-0.2, 0) is 0 Å². The Morgan fingerprint density at radius 2 is 1.67 bits per heavy atom. The summed E-state index contributed by atoms with van der Waals surface area (Å²) in [6, 6.07) is 18.4. The number of likely N-dealkylation sites (N-methyl/N-ethyl adjacent to an activating group) is 1. The van der Waals surface area contributed by atoms with E-state index in [4.69, 9.17) is 9.72 Å². The minimum Gasteiger partial charge on any atom is -0.496 e. The van der Waals surface area contributed by atoms with Gasteiger partial charge in [0, 0.05) is 34.6 Å². The maximum absolute atomic E-state index is 10.6. The van der Waals surface area contributed by atoms with Gasteiger partial charge in [0.15, 0.2) is 0 Å². The number of fused-ring (bicyclic) bond motifs is 4. The molecule has 0 aliphatic heterocycles. The van der Waals surface area contributed by atoms with Crippen LogP contribution in [0.2, 0.25) is 0 Å². The second-order valence-electron chi connectivity index (χ2n) is 7.54. The van der Waals surface area contributed by atoms with Crippen LogP contribution in [0.4, 0.5) is 5.69 Å². The van der Waals surface area contributed by atoms with Gasteiger partial charge in [0.25, 0.3) is 0 Å². The molecule has 4 rings (SSSR count). The number of ether oxygens (including phenoxy) is 1. The first-order chi connectivity index (χ1) is 14.7. The van der Waals surface area contributed by atoms with E-state index in [2.05, 4.69) is 48.3 Å². The molecule has 3 aromatic carbocycles. The molecule has 0 aliphatic rings. The van der Waals surface area contributed by atoms with E-state index in [1.165, 1.54) is 0 Å². The van der Waals surface area contributed by atoms with Crippen molar-refractivity contribution in [1.29, 1.82) is 0 Å². The number of rotatable bonds is 8. The van der Waals surface area contributed by atoms with Crippen LogP contribution in [0, 0.1) is 0 Å². The molecule has 0 saturated heterocycles. The number of pyridine rings is 1. The van der Waals surface area contributed by atoms with Gasteiger partial charge in [0.1, 0.15) is 5.75 Å². The van der Waals surface area contributed by atoms with Crippen LogP contribution in [0.5, 0.6) is 5.75 Å². The van der Waals surface area contributed by atoms with Gasteiger partial charge in [-0.3, -0.25) is 0 Å². The number of hydrogen-bond donors (Lipinski definition) is 2. The highest BCUT2D eigenvalue weighted by Crippen LogP contribution is 2.37. The number of nitrogens with one attached hydrogen (secondary N) is 1. The zero-order valence-electron chi connectivity index (χ0n) is 17.9. The lowest BCUT2D eigenvalue weighted by Crippen LogP contribution is -2.36. The number of aliphatic hydroxyl groups is 1. The van der Waals surface area contributed by atoms with Crippen molar-refractivity contribution in [3.63, 3.8) is 0 Å². The third-order valence-electron chi connectivity index (χ3n) is 5.77. The molecular formula is C25H29N3O2. The number of aliphatic hydroxyl groups excluding tert-OH is 1. The molecule has 0 saturated carbocycles. The van der Waals surface area contributed by atoms with Crippen molar-refractivity contribution < 1.29 is 9.84 Å². The van der Waals surface area contributed by atoms with Crippen LogP contribution < -0.4 is 10.1 Å². The zero-order valence-corrected chi connectivity index (χ0v) is 17.9. The van der Waals surface area contributed by atoms with Crippen LogP contribution in [-0.4, -0.2) is 54.4 Å². The van der Waals surface area contributed by atoms with Crippen molar-refractivity contribution in [2.45, 2.75) is 20.0 Å². The van der Waals surface area contributed by atoms with E-state index in [0.717, 1.165) is 57.1 Å². The minimum absolute atomic E-state index is 0.451. The fourth-order valence-corrected chi connectivity index (χ4v) is 4.12. The van der Waals surface area contributed by atoms with Gasteiger partial charge in [0.2, 0.25) is 0 Å². The van der Waals surface area contributed by atoms with Gasteiger partial charge in [-0.25, -0.2) is 4.98 Å². The normalized spacial score (nSPS) is 12.7. The Hall–Kier alpha value is -2.89. The van der Waals surface area contributed by atoms with Crippen molar-refractivity contribution in [3.8, 4) is 5.75 Å². The highest BCUT2D eigenvalue weighted by atomic mass is 16.5. The molecule has 5 nitrogen and oxygen atoms in total. The lowest BCUT2D eigenvalue weighted by Gasteiger charge is -2.23. The molecule has 1 heterocycles. The van der Waals surface area contributed by atoms with Crippen molar-refractivity contribution in [3.05, 3.63) is 54.6 Å². The Morgan fingerprint density at radius 3 is 2.43 bits per heavy atom. The molecule has 156 valence electrons. The summed E-state index contributed by atoms with van der Waals surface area (Å²) in [5.74, 6) is 0.841.